The summed E-state index contributed by atoms with van der Waals surface area (Å²) in [6, 6.07) is 0. The van der Waals surface area contributed by atoms with Gasteiger partial charge in [-0.3, -0.25) is 0 Å². The third-order valence-electron chi connectivity index (χ3n) is 6.25. The van der Waals surface area contributed by atoms with Crippen LogP contribution in [0.3, 0.4) is 0 Å². The van der Waals surface area contributed by atoms with Crippen LogP contribution < -0.4 is 0 Å². The van der Waals surface area contributed by atoms with E-state index < -0.39 is 31.4 Å². The van der Waals surface area contributed by atoms with Gasteiger partial charge in [-0.05, 0) is 40.5 Å². The van der Waals surface area contributed by atoms with Crippen molar-refractivity contribution in [3.8, 4) is 0 Å². The number of esters is 2. The summed E-state index contributed by atoms with van der Waals surface area (Å²) in [6.45, 7) is 14.8. The monoisotopic (exact) mass is 562 g/mol. The normalized spacial score (nSPS) is 13.5. The van der Waals surface area contributed by atoms with Crippen molar-refractivity contribution >= 4 is 58.3 Å². The number of alkyl halides is 4. The molecule has 0 aromatic heterocycles. The van der Waals surface area contributed by atoms with Crippen LogP contribution in [-0.4, -0.2) is 32.8 Å². The fourth-order valence-corrected chi connectivity index (χ4v) is 4.19. The molecule has 0 aliphatic rings. The number of carbonyl (C=O) groups is 2. The molecule has 202 valence electrons. The predicted molar refractivity (Wildman–Crippen MR) is 145 cm³/mol. The van der Waals surface area contributed by atoms with Crippen LogP contribution in [0.2, 0.25) is 0 Å². The topological polar surface area (TPSA) is 52.6 Å². The average molecular weight is 564 g/mol. The van der Waals surface area contributed by atoms with Crippen molar-refractivity contribution in [1.82, 2.24) is 0 Å². The van der Waals surface area contributed by atoms with E-state index in [0.29, 0.717) is 0 Å². The number of hydrogen-bond donors (Lipinski definition) is 0. The first-order valence-corrected chi connectivity index (χ1v) is 14.1. The van der Waals surface area contributed by atoms with Gasteiger partial charge in [-0.15, -0.1) is 0 Å². The highest BCUT2D eigenvalue weighted by Crippen LogP contribution is 2.46. The lowest BCUT2D eigenvalue weighted by Crippen LogP contribution is -2.43. The lowest BCUT2D eigenvalue weighted by atomic mass is 9.82. The molecule has 0 heterocycles. The third kappa shape index (κ3) is 11.0. The van der Waals surface area contributed by atoms with Crippen LogP contribution in [0.1, 0.15) is 120 Å². The zero-order chi connectivity index (χ0) is 26.8. The number of halogens is 4. The maximum Gasteiger partial charge on any atom is 0.343 e. The number of carbonyl (C=O) groups excluding carboxylic acids is 2. The van der Waals surface area contributed by atoms with Crippen LogP contribution >= 0.6 is 46.4 Å². The highest BCUT2D eigenvalue weighted by atomic mass is 35.5. The molecule has 0 saturated heterocycles. The molecule has 0 fully saturated rings. The van der Waals surface area contributed by atoms with Crippen molar-refractivity contribution in [3.63, 3.8) is 0 Å². The van der Waals surface area contributed by atoms with Gasteiger partial charge >= 0.3 is 11.9 Å². The Hall–Kier alpha value is 0.1000. The molecule has 0 aliphatic carbocycles. The zero-order valence-corrected chi connectivity index (χ0v) is 25.4. The molecule has 34 heavy (non-hydrogen) atoms. The van der Waals surface area contributed by atoms with E-state index in [4.69, 9.17) is 55.9 Å². The number of hydrogen-bond acceptors (Lipinski definition) is 4. The summed E-state index contributed by atoms with van der Waals surface area (Å²) < 4.78 is 7.33. The molecule has 0 saturated carbocycles. The highest BCUT2D eigenvalue weighted by molar-refractivity contribution is 6.58. The molecule has 0 atom stereocenters. The van der Waals surface area contributed by atoms with Crippen molar-refractivity contribution < 1.29 is 19.1 Å². The quantitative estimate of drug-likeness (QED) is 0.100. The van der Waals surface area contributed by atoms with E-state index in [2.05, 4.69) is 0 Å². The largest absolute Gasteiger partial charge is 0.461 e. The van der Waals surface area contributed by atoms with Gasteiger partial charge in [-0.1, -0.05) is 125 Å². The van der Waals surface area contributed by atoms with E-state index in [-0.39, 0.29) is 12.2 Å². The van der Waals surface area contributed by atoms with Crippen LogP contribution in [0.4, 0.5) is 0 Å². The average Bonchev–Trinajstić information content (AvgIpc) is 2.67. The molecular formula is C26H46Cl4O4. The molecule has 0 radical (unpaired) electrons. The van der Waals surface area contributed by atoms with Crippen molar-refractivity contribution in [1.29, 1.82) is 0 Å². The maximum atomic E-state index is 12.3. The summed E-state index contributed by atoms with van der Waals surface area (Å²) in [4.78, 5) is 24.5. The summed E-state index contributed by atoms with van der Waals surface area (Å²) >= 11 is 25.5. The minimum absolute atomic E-state index is 0.250. The van der Waals surface area contributed by atoms with Crippen LogP contribution in [0.5, 0.6) is 0 Å². The van der Waals surface area contributed by atoms with E-state index in [1.54, 1.807) is 27.7 Å². The van der Waals surface area contributed by atoms with Crippen LogP contribution in [0.25, 0.3) is 0 Å². The smallest absolute Gasteiger partial charge is 0.343 e. The molecule has 4 nitrogen and oxygen atoms in total. The summed E-state index contributed by atoms with van der Waals surface area (Å²) in [6.07, 6.45) is 9.61. The standard InChI is InChI=1S/C26H46Cl4O4/c1-19(2)33-21(31)25(27,28)23(5,6)17-15-13-11-9-10-12-14-16-18-24(7,8)26(29,30)22(32)34-20(3)4/h19-20H,9-18H2,1-8H3. The summed E-state index contributed by atoms with van der Waals surface area (Å²) in [5.74, 6) is -1.15. The van der Waals surface area contributed by atoms with Gasteiger partial charge in [0, 0.05) is 10.8 Å². The Balaban J connectivity index is 4.15. The number of ether oxygens (including phenoxy) is 2. The Kier molecular flexibility index (Phi) is 14.8. The number of rotatable bonds is 17. The Morgan fingerprint density at radius 1 is 0.559 bits per heavy atom. The summed E-state index contributed by atoms with van der Waals surface area (Å²) in [7, 11) is 0. The number of unbranched alkanes of at least 4 members (excludes halogenated alkanes) is 7. The summed E-state index contributed by atoms with van der Waals surface area (Å²) in [5.41, 5.74) is -1.15. The second-order valence-electron chi connectivity index (χ2n) is 11.2. The Bertz CT molecular complexity index is 574. The molecule has 0 aromatic rings. The van der Waals surface area contributed by atoms with E-state index >= 15 is 0 Å². The molecular weight excluding hydrogens is 518 g/mol. The van der Waals surface area contributed by atoms with Crippen molar-refractivity contribution in [2.75, 3.05) is 0 Å². The molecule has 0 amide bonds. The van der Waals surface area contributed by atoms with Gasteiger partial charge in [-0.2, -0.15) is 0 Å². The van der Waals surface area contributed by atoms with Crippen molar-refractivity contribution in [2.24, 2.45) is 10.8 Å². The van der Waals surface area contributed by atoms with Gasteiger partial charge in [0.05, 0.1) is 12.2 Å². The Morgan fingerprint density at radius 2 is 0.794 bits per heavy atom. The van der Waals surface area contributed by atoms with Gasteiger partial charge in [-0.25, -0.2) is 9.59 Å². The molecule has 0 bridgehead atoms. The molecule has 0 N–H and O–H groups in total. The maximum absolute atomic E-state index is 12.3. The SMILES string of the molecule is CC(C)OC(=O)C(Cl)(Cl)C(C)(C)CCCCCCCCCCC(C)(C)C(Cl)(Cl)C(=O)OC(C)C. The Labute approximate surface area is 228 Å². The first-order chi connectivity index (χ1) is 15.4. The summed E-state index contributed by atoms with van der Waals surface area (Å²) in [5, 5.41) is 0. The second kappa shape index (κ2) is 14.7. The van der Waals surface area contributed by atoms with Gasteiger partial charge in [0.1, 0.15) is 0 Å². The lowest BCUT2D eigenvalue weighted by Gasteiger charge is -2.35. The predicted octanol–water partition coefficient (Wildman–Crippen LogP) is 9.19. The molecule has 0 aliphatic heterocycles. The lowest BCUT2D eigenvalue weighted by molar-refractivity contribution is -0.152. The van der Waals surface area contributed by atoms with Gasteiger partial charge in [0.25, 0.3) is 0 Å². The minimum Gasteiger partial charge on any atom is -0.461 e. The molecule has 0 aromatic carbocycles. The fourth-order valence-electron chi connectivity index (χ4n) is 3.64. The van der Waals surface area contributed by atoms with E-state index in [9.17, 15) is 9.59 Å². The van der Waals surface area contributed by atoms with E-state index in [0.717, 1.165) is 64.2 Å². The van der Waals surface area contributed by atoms with E-state index in [1.807, 2.05) is 27.7 Å². The van der Waals surface area contributed by atoms with Crippen LogP contribution in [-0.2, 0) is 19.1 Å². The Morgan fingerprint density at radius 3 is 1.03 bits per heavy atom. The first kappa shape index (κ1) is 34.1. The van der Waals surface area contributed by atoms with E-state index in [1.165, 1.54) is 0 Å². The van der Waals surface area contributed by atoms with Crippen LogP contribution in [0.15, 0.2) is 0 Å². The molecule has 8 heteroatoms. The van der Waals surface area contributed by atoms with Crippen LogP contribution in [0, 0.1) is 10.8 Å². The van der Waals surface area contributed by atoms with Crippen molar-refractivity contribution in [2.45, 2.75) is 140 Å². The molecule has 0 spiro atoms. The van der Waals surface area contributed by atoms with Gasteiger partial charge in [0.15, 0.2) is 0 Å². The zero-order valence-electron chi connectivity index (χ0n) is 22.4. The van der Waals surface area contributed by atoms with Gasteiger partial charge in [0.2, 0.25) is 8.67 Å². The third-order valence-corrected chi connectivity index (χ3v) is 8.92. The minimum atomic E-state index is -1.56. The van der Waals surface area contributed by atoms with Crippen molar-refractivity contribution in [3.05, 3.63) is 0 Å². The highest BCUT2D eigenvalue weighted by Gasteiger charge is 2.50. The molecule has 0 unspecified atom stereocenters. The molecule has 0 rings (SSSR count). The second-order valence-corrected chi connectivity index (χ2v) is 13.8. The van der Waals surface area contributed by atoms with Gasteiger partial charge < -0.3 is 9.47 Å². The fraction of sp³-hybridized carbons (Fsp3) is 0.923. The first-order valence-electron chi connectivity index (χ1n) is 12.6.